The summed E-state index contributed by atoms with van der Waals surface area (Å²) in [6, 6.07) is 10.3. The van der Waals surface area contributed by atoms with Crippen LogP contribution in [0, 0.1) is 13.8 Å². The lowest BCUT2D eigenvalue weighted by Crippen LogP contribution is -2.35. The lowest BCUT2D eigenvalue weighted by molar-refractivity contribution is 0.102. The maximum absolute atomic E-state index is 12.9. The molecule has 0 atom stereocenters. The first-order valence-corrected chi connectivity index (χ1v) is 11.9. The number of hydrogen-bond donors (Lipinski definition) is 1. The zero-order valence-electron chi connectivity index (χ0n) is 16.4. The average Bonchev–Trinajstić information content (AvgIpc) is 3.16. The van der Waals surface area contributed by atoms with Crippen LogP contribution in [-0.2, 0) is 10.0 Å². The molecule has 1 aliphatic heterocycles. The van der Waals surface area contributed by atoms with Gasteiger partial charge in [-0.15, -0.1) is 0 Å². The fraction of sp³-hybridized carbons (Fsp3) is 0.333. The summed E-state index contributed by atoms with van der Waals surface area (Å²) < 4.78 is 28.3. The van der Waals surface area contributed by atoms with Gasteiger partial charge in [-0.05, 0) is 56.0 Å². The Morgan fingerprint density at radius 1 is 1.07 bits per heavy atom. The van der Waals surface area contributed by atoms with Crippen LogP contribution in [0.5, 0.6) is 0 Å². The number of thiazole rings is 1. The molecular formula is C21H23N3O3S2. The molecule has 0 saturated carbocycles. The number of fused-ring (bicyclic) bond motifs is 1. The molecule has 152 valence electrons. The third-order valence-corrected chi connectivity index (χ3v) is 8.21. The van der Waals surface area contributed by atoms with Crippen LogP contribution >= 0.6 is 11.3 Å². The number of nitrogens with one attached hydrogen (secondary N) is 1. The molecule has 0 aliphatic carbocycles. The van der Waals surface area contributed by atoms with E-state index in [0.717, 1.165) is 40.6 Å². The maximum atomic E-state index is 12.9. The quantitative estimate of drug-likeness (QED) is 0.669. The molecule has 6 nitrogen and oxygen atoms in total. The number of benzene rings is 2. The van der Waals surface area contributed by atoms with Gasteiger partial charge in [0.25, 0.3) is 5.91 Å². The van der Waals surface area contributed by atoms with E-state index in [1.807, 2.05) is 26.0 Å². The summed E-state index contributed by atoms with van der Waals surface area (Å²) in [7, 11) is -3.58. The van der Waals surface area contributed by atoms with Gasteiger partial charge in [-0.25, -0.2) is 13.4 Å². The second kappa shape index (κ2) is 7.85. The summed E-state index contributed by atoms with van der Waals surface area (Å²) in [5.41, 5.74) is 3.35. The van der Waals surface area contributed by atoms with Crippen LogP contribution in [0.4, 0.5) is 5.13 Å². The molecule has 0 unspecified atom stereocenters. The van der Waals surface area contributed by atoms with Crippen LogP contribution in [0.3, 0.4) is 0 Å². The van der Waals surface area contributed by atoms with Crippen LogP contribution in [-0.4, -0.2) is 36.7 Å². The molecule has 1 aromatic heterocycles. The molecule has 2 heterocycles. The van der Waals surface area contributed by atoms with Gasteiger partial charge in [0, 0.05) is 18.7 Å². The molecule has 1 saturated heterocycles. The Balaban J connectivity index is 1.59. The summed E-state index contributed by atoms with van der Waals surface area (Å²) in [6.45, 7) is 5.06. The third-order valence-electron chi connectivity index (χ3n) is 5.21. The number of rotatable bonds is 4. The molecule has 0 bridgehead atoms. The van der Waals surface area contributed by atoms with Gasteiger partial charge in [0.15, 0.2) is 5.13 Å². The number of anilines is 1. The molecule has 1 N–H and O–H groups in total. The number of amides is 1. The van der Waals surface area contributed by atoms with Crippen molar-refractivity contribution < 1.29 is 13.2 Å². The molecule has 29 heavy (non-hydrogen) atoms. The number of aryl methyl sites for hydroxylation is 2. The number of hydrogen-bond acceptors (Lipinski definition) is 5. The molecule has 1 fully saturated rings. The summed E-state index contributed by atoms with van der Waals surface area (Å²) in [5, 5.41) is 3.33. The number of sulfonamides is 1. The van der Waals surface area contributed by atoms with E-state index in [0.29, 0.717) is 23.8 Å². The van der Waals surface area contributed by atoms with Crippen molar-refractivity contribution in [1.82, 2.24) is 9.29 Å². The molecule has 1 amide bonds. The van der Waals surface area contributed by atoms with Crippen LogP contribution < -0.4 is 5.32 Å². The Morgan fingerprint density at radius 3 is 2.52 bits per heavy atom. The standard InChI is InChI=1S/C21H23N3O3S2/c1-14-9-10-15(2)19-18(14)22-21(28-19)23-20(25)16-7-6-8-17(13-16)29(26,27)24-11-4-3-5-12-24/h6-10,13H,3-5,11-12H2,1-2H3,(H,22,23,25). The lowest BCUT2D eigenvalue weighted by atomic mass is 10.1. The fourth-order valence-corrected chi connectivity index (χ4v) is 6.10. The Hall–Kier alpha value is -2.29. The molecule has 8 heteroatoms. The number of carbonyl (C=O) groups excluding carboxylic acids is 1. The Bertz CT molecular complexity index is 1140. The average molecular weight is 430 g/mol. The van der Waals surface area contributed by atoms with Gasteiger partial charge in [0.2, 0.25) is 10.0 Å². The van der Waals surface area contributed by atoms with E-state index in [1.54, 1.807) is 18.2 Å². The van der Waals surface area contributed by atoms with Gasteiger partial charge in [-0.3, -0.25) is 10.1 Å². The predicted octanol–water partition coefficient (Wildman–Crippen LogP) is 4.34. The monoisotopic (exact) mass is 429 g/mol. The fourth-order valence-electron chi connectivity index (χ4n) is 3.53. The second-order valence-electron chi connectivity index (χ2n) is 7.34. The highest BCUT2D eigenvalue weighted by Gasteiger charge is 2.26. The van der Waals surface area contributed by atoms with Gasteiger partial charge in [-0.2, -0.15) is 4.31 Å². The Labute approximate surface area is 174 Å². The van der Waals surface area contributed by atoms with E-state index in [9.17, 15) is 13.2 Å². The number of carbonyl (C=O) groups is 1. The summed E-state index contributed by atoms with van der Waals surface area (Å²) >= 11 is 1.42. The van der Waals surface area contributed by atoms with Crippen molar-refractivity contribution in [3.63, 3.8) is 0 Å². The minimum atomic E-state index is -3.58. The zero-order valence-corrected chi connectivity index (χ0v) is 18.1. The van der Waals surface area contributed by atoms with Gasteiger partial charge in [0.05, 0.1) is 15.1 Å². The van der Waals surface area contributed by atoms with E-state index in [4.69, 9.17) is 0 Å². The highest BCUT2D eigenvalue weighted by atomic mass is 32.2. The summed E-state index contributed by atoms with van der Waals surface area (Å²) in [4.78, 5) is 17.5. The van der Waals surface area contributed by atoms with E-state index in [-0.39, 0.29) is 10.8 Å². The third kappa shape index (κ3) is 3.92. The number of piperidine rings is 1. The van der Waals surface area contributed by atoms with Crippen LogP contribution in [0.15, 0.2) is 41.3 Å². The Kier molecular flexibility index (Phi) is 5.42. The first-order chi connectivity index (χ1) is 13.9. The van der Waals surface area contributed by atoms with Crippen LogP contribution in [0.2, 0.25) is 0 Å². The number of aromatic nitrogens is 1. The summed E-state index contributed by atoms with van der Waals surface area (Å²) in [6.07, 6.45) is 2.79. The second-order valence-corrected chi connectivity index (χ2v) is 10.3. The minimum absolute atomic E-state index is 0.156. The van der Waals surface area contributed by atoms with Crippen molar-refractivity contribution in [3.8, 4) is 0 Å². The topological polar surface area (TPSA) is 79.4 Å². The van der Waals surface area contributed by atoms with Crippen molar-refractivity contribution in [3.05, 3.63) is 53.1 Å². The van der Waals surface area contributed by atoms with Crippen molar-refractivity contribution in [1.29, 1.82) is 0 Å². The minimum Gasteiger partial charge on any atom is -0.298 e. The van der Waals surface area contributed by atoms with Crippen LogP contribution in [0.25, 0.3) is 10.2 Å². The van der Waals surface area contributed by atoms with Crippen molar-refractivity contribution in [2.24, 2.45) is 0 Å². The van der Waals surface area contributed by atoms with E-state index < -0.39 is 10.0 Å². The maximum Gasteiger partial charge on any atom is 0.257 e. The Morgan fingerprint density at radius 2 is 1.79 bits per heavy atom. The molecule has 1 aliphatic rings. The first kappa shape index (κ1) is 20.0. The van der Waals surface area contributed by atoms with Gasteiger partial charge in [0.1, 0.15) is 0 Å². The SMILES string of the molecule is Cc1ccc(C)c2sc(NC(=O)c3cccc(S(=O)(=O)N4CCCCC4)c3)nc12. The number of nitrogens with zero attached hydrogens (tertiary/aromatic N) is 2. The van der Waals surface area contributed by atoms with Crippen molar-refractivity contribution in [2.45, 2.75) is 38.0 Å². The summed E-state index contributed by atoms with van der Waals surface area (Å²) in [5.74, 6) is -0.366. The lowest BCUT2D eigenvalue weighted by Gasteiger charge is -2.26. The van der Waals surface area contributed by atoms with E-state index in [2.05, 4.69) is 10.3 Å². The highest BCUT2D eigenvalue weighted by molar-refractivity contribution is 7.89. The molecule has 2 aromatic carbocycles. The van der Waals surface area contributed by atoms with E-state index in [1.165, 1.54) is 21.7 Å². The van der Waals surface area contributed by atoms with Crippen molar-refractivity contribution >= 4 is 42.6 Å². The largest absolute Gasteiger partial charge is 0.298 e. The highest BCUT2D eigenvalue weighted by Crippen LogP contribution is 2.31. The van der Waals surface area contributed by atoms with Gasteiger partial charge < -0.3 is 0 Å². The van der Waals surface area contributed by atoms with Crippen LogP contribution in [0.1, 0.15) is 40.7 Å². The smallest absolute Gasteiger partial charge is 0.257 e. The van der Waals surface area contributed by atoms with Gasteiger partial charge >= 0.3 is 0 Å². The first-order valence-electron chi connectivity index (χ1n) is 9.64. The normalized spacial score (nSPS) is 15.5. The predicted molar refractivity (Wildman–Crippen MR) is 116 cm³/mol. The van der Waals surface area contributed by atoms with Crippen molar-refractivity contribution in [2.75, 3.05) is 18.4 Å². The van der Waals surface area contributed by atoms with Gasteiger partial charge in [-0.1, -0.05) is 36.0 Å². The molecule has 3 aromatic rings. The molecule has 0 spiro atoms. The molecular weight excluding hydrogens is 406 g/mol. The zero-order chi connectivity index (χ0) is 20.6. The van der Waals surface area contributed by atoms with E-state index >= 15 is 0 Å². The molecule has 4 rings (SSSR count). The molecule has 0 radical (unpaired) electrons.